The molecule has 0 saturated heterocycles. The number of rotatable bonds is 1. The molecule has 3 heteroatoms. The molecule has 0 aliphatic heterocycles. The lowest BCUT2D eigenvalue weighted by Crippen LogP contribution is -2.56. The van der Waals surface area contributed by atoms with Crippen molar-refractivity contribution in [2.24, 2.45) is 5.41 Å². The summed E-state index contributed by atoms with van der Waals surface area (Å²) < 4.78 is 5.33. The van der Waals surface area contributed by atoms with Gasteiger partial charge in [0.15, 0.2) is 0 Å². The largest absolute Gasteiger partial charge is 0.444 e. The molecule has 2 aliphatic rings. The summed E-state index contributed by atoms with van der Waals surface area (Å²) in [5.41, 5.74) is 0.0166. The van der Waals surface area contributed by atoms with Crippen LogP contribution in [0, 0.1) is 5.41 Å². The van der Waals surface area contributed by atoms with Gasteiger partial charge in [-0.25, -0.2) is 4.79 Å². The number of amides is 1. The molecule has 1 N–H and O–H groups in total. The Morgan fingerprint density at radius 2 is 1.82 bits per heavy atom. The minimum Gasteiger partial charge on any atom is -0.444 e. The van der Waals surface area contributed by atoms with Gasteiger partial charge in [-0.3, -0.25) is 0 Å². The first-order valence-electron chi connectivity index (χ1n) is 6.91. The molecule has 0 heterocycles. The molecule has 1 amide bonds. The molecule has 2 aliphatic carbocycles. The Labute approximate surface area is 104 Å². The number of nitrogens with one attached hydrogen (secondary N) is 1. The Morgan fingerprint density at radius 1 is 1.18 bits per heavy atom. The van der Waals surface area contributed by atoms with E-state index < -0.39 is 5.60 Å². The normalized spacial score (nSPS) is 27.4. The van der Waals surface area contributed by atoms with Gasteiger partial charge in [-0.2, -0.15) is 0 Å². The molecule has 98 valence electrons. The molecule has 2 fully saturated rings. The van der Waals surface area contributed by atoms with Gasteiger partial charge < -0.3 is 10.1 Å². The SMILES string of the molecule is CC(C)(C)OC(=O)NC1CCC12CCCCC2. The van der Waals surface area contributed by atoms with E-state index in [2.05, 4.69) is 5.32 Å². The Balaban J connectivity index is 1.85. The van der Waals surface area contributed by atoms with Gasteiger partial charge in [0, 0.05) is 6.04 Å². The maximum Gasteiger partial charge on any atom is 0.407 e. The van der Waals surface area contributed by atoms with Crippen LogP contribution in [0.3, 0.4) is 0 Å². The minimum absolute atomic E-state index is 0.243. The Bertz CT molecular complexity index is 287. The van der Waals surface area contributed by atoms with Crippen molar-refractivity contribution in [1.29, 1.82) is 0 Å². The van der Waals surface area contributed by atoms with E-state index in [1.807, 2.05) is 20.8 Å². The number of hydrogen-bond donors (Lipinski definition) is 1. The standard InChI is InChI=1S/C14H25NO2/c1-13(2,3)17-12(16)15-11-7-10-14(11)8-5-4-6-9-14/h11H,4-10H2,1-3H3,(H,15,16). The number of carbonyl (C=O) groups is 1. The van der Waals surface area contributed by atoms with Crippen molar-refractivity contribution < 1.29 is 9.53 Å². The molecule has 0 aromatic heterocycles. The summed E-state index contributed by atoms with van der Waals surface area (Å²) in [6.07, 6.45) is 8.75. The molecule has 17 heavy (non-hydrogen) atoms. The van der Waals surface area contributed by atoms with E-state index in [4.69, 9.17) is 4.74 Å². The topological polar surface area (TPSA) is 38.3 Å². The van der Waals surface area contributed by atoms with E-state index in [9.17, 15) is 4.79 Å². The van der Waals surface area contributed by atoms with Crippen molar-refractivity contribution in [2.75, 3.05) is 0 Å². The van der Waals surface area contributed by atoms with Gasteiger partial charge in [0.05, 0.1) is 0 Å². The van der Waals surface area contributed by atoms with Gasteiger partial charge in [-0.1, -0.05) is 19.3 Å². The first-order valence-corrected chi connectivity index (χ1v) is 6.91. The third kappa shape index (κ3) is 2.93. The highest BCUT2D eigenvalue weighted by molar-refractivity contribution is 5.68. The summed E-state index contributed by atoms with van der Waals surface area (Å²) in [6, 6.07) is 0.359. The van der Waals surface area contributed by atoms with Gasteiger partial charge in [0.2, 0.25) is 0 Å². The van der Waals surface area contributed by atoms with E-state index in [0.29, 0.717) is 11.5 Å². The van der Waals surface area contributed by atoms with Crippen molar-refractivity contribution in [3.05, 3.63) is 0 Å². The molecule has 0 bridgehead atoms. The van der Waals surface area contributed by atoms with Gasteiger partial charge in [0.1, 0.15) is 5.60 Å². The summed E-state index contributed by atoms with van der Waals surface area (Å²) in [4.78, 5) is 11.8. The number of hydrogen-bond acceptors (Lipinski definition) is 2. The third-order valence-electron chi connectivity index (χ3n) is 4.21. The summed E-state index contributed by atoms with van der Waals surface area (Å²) in [6.45, 7) is 5.72. The van der Waals surface area contributed by atoms with Crippen LogP contribution in [0.2, 0.25) is 0 Å². The molecule has 2 rings (SSSR count). The quantitative estimate of drug-likeness (QED) is 0.759. The van der Waals surface area contributed by atoms with Gasteiger partial charge >= 0.3 is 6.09 Å². The van der Waals surface area contributed by atoms with Gasteiger partial charge in [0.25, 0.3) is 0 Å². The third-order valence-corrected chi connectivity index (χ3v) is 4.21. The van der Waals surface area contributed by atoms with Crippen LogP contribution < -0.4 is 5.32 Å². The second-order valence-corrected chi connectivity index (χ2v) is 6.66. The van der Waals surface area contributed by atoms with Crippen LogP contribution >= 0.6 is 0 Å². The van der Waals surface area contributed by atoms with E-state index in [1.54, 1.807) is 0 Å². The maximum absolute atomic E-state index is 11.8. The fraction of sp³-hybridized carbons (Fsp3) is 0.929. The zero-order valence-electron chi connectivity index (χ0n) is 11.3. The summed E-state index contributed by atoms with van der Waals surface area (Å²) in [7, 11) is 0. The van der Waals surface area contributed by atoms with Crippen molar-refractivity contribution in [1.82, 2.24) is 5.32 Å². The average molecular weight is 239 g/mol. The van der Waals surface area contributed by atoms with Crippen LogP contribution in [-0.4, -0.2) is 17.7 Å². The fourth-order valence-corrected chi connectivity index (χ4v) is 3.23. The van der Waals surface area contributed by atoms with Gasteiger partial charge in [-0.05, 0) is 51.9 Å². The van der Waals surface area contributed by atoms with Crippen molar-refractivity contribution in [2.45, 2.75) is 77.4 Å². The average Bonchev–Trinajstić information content (AvgIpc) is 2.23. The van der Waals surface area contributed by atoms with Crippen LogP contribution in [-0.2, 0) is 4.74 Å². The van der Waals surface area contributed by atoms with Crippen LogP contribution in [0.15, 0.2) is 0 Å². The predicted octanol–water partition coefficient (Wildman–Crippen LogP) is 3.62. The van der Waals surface area contributed by atoms with Crippen molar-refractivity contribution in [3.63, 3.8) is 0 Å². The highest BCUT2D eigenvalue weighted by atomic mass is 16.6. The summed E-state index contributed by atoms with van der Waals surface area (Å²) in [5, 5.41) is 3.07. The van der Waals surface area contributed by atoms with Crippen LogP contribution in [0.1, 0.15) is 65.7 Å². The lowest BCUT2D eigenvalue weighted by Gasteiger charge is -2.52. The van der Waals surface area contributed by atoms with E-state index in [-0.39, 0.29) is 6.09 Å². The van der Waals surface area contributed by atoms with E-state index in [1.165, 1.54) is 38.5 Å². The van der Waals surface area contributed by atoms with Crippen molar-refractivity contribution >= 4 is 6.09 Å². The summed E-state index contributed by atoms with van der Waals surface area (Å²) in [5.74, 6) is 0. The molecule has 0 radical (unpaired) electrons. The van der Waals surface area contributed by atoms with Gasteiger partial charge in [-0.15, -0.1) is 0 Å². The monoisotopic (exact) mass is 239 g/mol. The van der Waals surface area contributed by atoms with Crippen molar-refractivity contribution in [3.8, 4) is 0 Å². The molecule has 1 unspecified atom stereocenters. The molecule has 0 aromatic carbocycles. The van der Waals surface area contributed by atoms with E-state index >= 15 is 0 Å². The smallest absolute Gasteiger partial charge is 0.407 e. The van der Waals surface area contributed by atoms with Crippen LogP contribution in [0.25, 0.3) is 0 Å². The highest BCUT2D eigenvalue weighted by Gasteiger charge is 2.47. The van der Waals surface area contributed by atoms with E-state index in [0.717, 1.165) is 6.42 Å². The lowest BCUT2D eigenvalue weighted by atomic mass is 9.57. The molecule has 0 aromatic rings. The minimum atomic E-state index is -0.395. The summed E-state index contributed by atoms with van der Waals surface area (Å²) >= 11 is 0. The molecular formula is C14H25NO2. The molecular weight excluding hydrogens is 214 g/mol. The number of ether oxygens (including phenoxy) is 1. The Hall–Kier alpha value is -0.730. The maximum atomic E-state index is 11.8. The second-order valence-electron chi connectivity index (χ2n) is 6.66. The molecule has 3 nitrogen and oxygen atoms in total. The first kappa shape index (κ1) is 12.7. The molecule has 1 atom stereocenters. The first-order chi connectivity index (χ1) is 7.91. The van der Waals surface area contributed by atoms with Crippen LogP contribution in [0.5, 0.6) is 0 Å². The Kier molecular flexibility index (Phi) is 3.37. The zero-order chi connectivity index (χ0) is 12.5. The predicted molar refractivity (Wildman–Crippen MR) is 67.9 cm³/mol. The molecule has 2 saturated carbocycles. The fourth-order valence-electron chi connectivity index (χ4n) is 3.23. The zero-order valence-corrected chi connectivity index (χ0v) is 11.3. The highest BCUT2D eigenvalue weighted by Crippen LogP contribution is 2.51. The lowest BCUT2D eigenvalue weighted by molar-refractivity contribution is 0.00409. The second kappa shape index (κ2) is 4.51. The molecule has 1 spiro atoms. The number of carbonyl (C=O) groups excluding carboxylic acids is 1. The Morgan fingerprint density at radius 3 is 2.29 bits per heavy atom. The van der Waals surface area contributed by atoms with Crippen LogP contribution in [0.4, 0.5) is 4.79 Å². The number of alkyl carbamates (subject to hydrolysis) is 1.